The second-order valence-corrected chi connectivity index (χ2v) is 4.87. The molecule has 0 spiro atoms. The molecule has 1 fully saturated rings. The highest BCUT2D eigenvalue weighted by Crippen LogP contribution is 2.26. The van der Waals surface area contributed by atoms with E-state index in [0.717, 1.165) is 18.6 Å². The van der Waals surface area contributed by atoms with Crippen LogP contribution in [0, 0.1) is 11.7 Å². The Labute approximate surface area is 107 Å². The minimum absolute atomic E-state index is 0.00953. The number of nitrogens with two attached hydrogens (primary N) is 1. The highest BCUT2D eigenvalue weighted by Gasteiger charge is 2.29. The zero-order valence-electron chi connectivity index (χ0n) is 10.9. The van der Waals surface area contributed by atoms with Crippen molar-refractivity contribution < 1.29 is 13.9 Å². The predicted octanol–water partition coefficient (Wildman–Crippen LogP) is 2.13. The van der Waals surface area contributed by atoms with E-state index in [4.69, 9.17) is 15.2 Å². The van der Waals surface area contributed by atoms with Gasteiger partial charge in [-0.25, -0.2) is 4.39 Å². The van der Waals surface area contributed by atoms with Crippen LogP contribution >= 0.6 is 0 Å². The molecule has 2 N–H and O–H groups in total. The van der Waals surface area contributed by atoms with Crippen LogP contribution in [0.25, 0.3) is 0 Å². The Morgan fingerprint density at radius 1 is 1.56 bits per heavy atom. The van der Waals surface area contributed by atoms with Gasteiger partial charge in [-0.05, 0) is 37.5 Å². The Morgan fingerprint density at radius 3 is 2.89 bits per heavy atom. The number of halogens is 1. The smallest absolute Gasteiger partial charge is 0.165 e. The van der Waals surface area contributed by atoms with E-state index in [-0.39, 0.29) is 23.7 Å². The maximum absolute atomic E-state index is 13.6. The van der Waals surface area contributed by atoms with E-state index in [2.05, 4.69) is 0 Å². The summed E-state index contributed by atoms with van der Waals surface area (Å²) in [5.74, 6) is 0.290. The molecule has 0 amide bonds. The van der Waals surface area contributed by atoms with Crippen molar-refractivity contribution in [1.82, 2.24) is 0 Å². The third-order valence-corrected chi connectivity index (χ3v) is 3.67. The first-order valence-electron chi connectivity index (χ1n) is 6.31. The van der Waals surface area contributed by atoms with Crippen molar-refractivity contribution in [2.24, 2.45) is 11.7 Å². The number of rotatable bonds is 4. The van der Waals surface area contributed by atoms with Gasteiger partial charge in [-0.1, -0.05) is 6.07 Å². The van der Waals surface area contributed by atoms with Crippen molar-refractivity contribution in [3.05, 3.63) is 29.6 Å². The molecule has 1 heterocycles. The fourth-order valence-corrected chi connectivity index (χ4v) is 2.57. The van der Waals surface area contributed by atoms with E-state index >= 15 is 0 Å². The summed E-state index contributed by atoms with van der Waals surface area (Å²) in [6.07, 6.45) is 1.85. The van der Waals surface area contributed by atoms with Gasteiger partial charge >= 0.3 is 0 Å². The highest BCUT2D eigenvalue weighted by atomic mass is 19.1. The molecule has 0 radical (unpaired) electrons. The second-order valence-electron chi connectivity index (χ2n) is 4.87. The summed E-state index contributed by atoms with van der Waals surface area (Å²) in [6, 6.07) is 5.02. The number of hydrogen-bond donors (Lipinski definition) is 1. The lowest BCUT2D eigenvalue weighted by molar-refractivity contribution is 0.0995. The molecule has 0 bridgehead atoms. The molecule has 3 atom stereocenters. The van der Waals surface area contributed by atoms with Gasteiger partial charge in [-0.15, -0.1) is 0 Å². The number of benzene rings is 1. The van der Waals surface area contributed by atoms with Crippen molar-refractivity contribution in [3.8, 4) is 5.75 Å². The van der Waals surface area contributed by atoms with Crippen molar-refractivity contribution in [1.29, 1.82) is 0 Å². The molecule has 3 unspecified atom stereocenters. The number of methoxy groups -OCH3 is 1. The zero-order chi connectivity index (χ0) is 13.1. The van der Waals surface area contributed by atoms with E-state index in [9.17, 15) is 4.39 Å². The topological polar surface area (TPSA) is 44.5 Å². The lowest BCUT2D eigenvalue weighted by atomic mass is 9.89. The Hall–Kier alpha value is -1.13. The summed E-state index contributed by atoms with van der Waals surface area (Å²) < 4.78 is 24.0. The molecule has 18 heavy (non-hydrogen) atoms. The summed E-state index contributed by atoms with van der Waals surface area (Å²) in [4.78, 5) is 0. The minimum Gasteiger partial charge on any atom is -0.494 e. The Balaban J connectivity index is 2.02. The van der Waals surface area contributed by atoms with Crippen LogP contribution in [0.4, 0.5) is 4.39 Å². The standard InChI is InChI=1S/C14H20FNO2/c1-9-11(5-6-18-9)13(16)8-10-3-4-14(17-2)12(15)7-10/h3-4,7,9,11,13H,5-6,8,16H2,1-2H3. The van der Waals surface area contributed by atoms with Gasteiger partial charge in [0.25, 0.3) is 0 Å². The van der Waals surface area contributed by atoms with Crippen LogP contribution in [0.1, 0.15) is 18.9 Å². The van der Waals surface area contributed by atoms with Crippen LogP contribution in [0.5, 0.6) is 5.75 Å². The van der Waals surface area contributed by atoms with Crippen LogP contribution in [-0.4, -0.2) is 25.9 Å². The minimum atomic E-state index is -0.335. The molecule has 100 valence electrons. The molecule has 0 aromatic heterocycles. The van der Waals surface area contributed by atoms with Gasteiger partial charge in [0.05, 0.1) is 13.2 Å². The molecule has 4 heteroatoms. The summed E-state index contributed by atoms with van der Waals surface area (Å²) >= 11 is 0. The van der Waals surface area contributed by atoms with Crippen molar-refractivity contribution in [3.63, 3.8) is 0 Å². The lowest BCUT2D eigenvalue weighted by Gasteiger charge is -2.22. The molecule has 1 saturated heterocycles. The molecule has 1 aromatic carbocycles. The van der Waals surface area contributed by atoms with Gasteiger partial charge in [-0.3, -0.25) is 0 Å². The van der Waals surface area contributed by atoms with Crippen molar-refractivity contribution >= 4 is 0 Å². The van der Waals surface area contributed by atoms with Crippen molar-refractivity contribution in [2.75, 3.05) is 13.7 Å². The van der Waals surface area contributed by atoms with Gasteiger partial charge in [-0.2, -0.15) is 0 Å². The van der Waals surface area contributed by atoms with Gasteiger partial charge in [0.2, 0.25) is 0 Å². The molecule has 1 aliphatic heterocycles. The van der Waals surface area contributed by atoms with Gasteiger partial charge in [0.1, 0.15) is 0 Å². The normalized spacial score (nSPS) is 25.1. The highest BCUT2D eigenvalue weighted by molar-refractivity contribution is 5.29. The zero-order valence-corrected chi connectivity index (χ0v) is 10.9. The molecule has 1 aromatic rings. The second kappa shape index (κ2) is 5.67. The van der Waals surface area contributed by atoms with Gasteiger partial charge in [0, 0.05) is 18.6 Å². The Bertz CT molecular complexity index is 411. The summed E-state index contributed by atoms with van der Waals surface area (Å²) in [6.45, 7) is 2.82. The number of hydrogen-bond acceptors (Lipinski definition) is 3. The Kier molecular flexibility index (Phi) is 4.19. The number of ether oxygens (including phenoxy) is 2. The first-order valence-corrected chi connectivity index (χ1v) is 6.31. The maximum atomic E-state index is 13.6. The average Bonchev–Trinajstić information content (AvgIpc) is 2.76. The quantitative estimate of drug-likeness (QED) is 0.894. The fourth-order valence-electron chi connectivity index (χ4n) is 2.57. The van der Waals surface area contributed by atoms with Crippen molar-refractivity contribution in [2.45, 2.75) is 31.9 Å². The van der Waals surface area contributed by atoms with Gasteiger partial charge in [0.15, 0.2) is 11.6 Å². The van der Waals surface area contributed by atoms with Gasteiger partial charge < -0.3 is 15.2 Å². The summed E-state index contributed by atoms with van der Waals surface area (Å²) in [5, 5.41) is 0. The lowest BCUT2D eigenvalue weighted by Crippen LogP contribution is -2.36. The molecule has 0 aliphatic carbocycles. The average molecular weight is 253 g/mol. The predicted molar refractivity (Wildman–Crippen MR) is 68.2 cm³/mol. The van der Waals surface area contributed by atoms with E-state index in [1.165, 1.54) is 13.2 Å². The molecule has 1 aliphatic rings. The van der Waals surface area contributed by atoms with E-state index in [0.29, 0.717) is 12.3 Å². The third kappa shape index (κ3) is 2.82. The van der Waals surface area contributed by atoms with E-state index < -0.39 is 0 Å². The summed E-state index contributed by atoms with van der Waals surface area (Å²) in [5.41, 5.74) is 7.09. The molecular formula is C14H20FNO2. The molecular weight excluding hydrogens is 233 g/mol. The monoisotopic (exact) mass is 253 g/mol. The van der Waals surface area contributed by atoms with Crippen LogP contribution in [0.2, 0.25) is 0 Å². The SMILES string of the molecule is COc1ccc(CC(N)C2CCOC2C)cc1F. The van der Waals surface area contributed by atoms with E-state index in [1.807, 2.05) is 13.0 Å². The molecule has 2 rings (SSSR count). The molecule has 3 nitrogen and oxygen atoms in total. The first-order chi connectivity index (χ1) is 8.61. The van der Waals surface area contributed by atoms with Crippen LogP contribution in [0.15, 0.2) is 18.2 Å². The van der Waals surface area contributed by atoms with Crippen LogP contribution in [-0.2, 0) is 11.2 Å². The molecule has 0 saturated carbocycles. The van der Waals surface area contributed by atoms with Crippen LogP contribution in [0.3, 0.4) is 0 Å². The maximum Gasteiger partial charge on any atom is 0.165 e. The first kappa shape index (κ1) is 13.3. The fraction of sp³-hybridized carbons (Fsp3) is 0.571. The Morgan fingerprint density at radius 2 is 2.33 bits per heavy atom. The third-order valence-electron chi connectivity index (χ3n) is 3.67. The van der Waals surface area contributed by atoms with Crippen LogP contribution < -0.4 is 10.5 Å². The summed E-state index contributed by atoms with van der Waals surface area (Å²) in [7, 11) is 1.46. The largest absolute Gasteiger partial charge is 0.494 e. The van der Waals surface area contributed by atoms with E-state index in [1.54, 1.807) is 6.07 Å².